The van der Waals surface area contributed by atoms with Crippen LogP contribution in [0.5, 0.6) is 0 Å². The highest BCUT2D eigenvalue weighted by atomic mass is 127. The minimum absolute atomic E-state index is 0.0419. The van der Waals surface area contributed by atoms with Gasteiger partial charge in [-0.25, -0.2) is 14.4 Å². The third-order valence-corrected chi connectivity index (χ3v) is 4.23. The van der Waals surface area contributed by atoms with Crippen molar-refractivity contribution in [3.63, 3.8) is 0 Å². The molecular weight excluding hydrogens is 482 g/mol. The molecule has 0 saturated heterocycles. The van der Waals surface area contributed by atoms with Crippen molar-refractivity contribution in [1.82, 2.24) is 15.4 Å². The number of carbonyl (C=O) groups is 1. The van der Waals surface area contributed by atoms with E-state index < -0.39 is 22.3 Å². The minimum Gasteiger partial charge on any atom is -0.334 e. The van der Waals surface area contributed by atoms with Crippen molar-refractivity contribution < 1.29 is 14.1 Å². The summed E-state index contributed by atoms with van der Waals surface area (Å²) in [5.41, 5.74) is 5.03. The molecule has 0 aliphatic carbocycles. The van der Waals surface area contributed by atoms with E-state index in [1.807, 2.05) is 12.1 Å². The monoisotopic (exact) mass is 494 g/mol. The molecule has 0 fully saturated rings. The van der Waals surface area contributed by atoms with Crippen LogP contribution in [0, 0.1) is 19.5 Å². The smallest absolute Gasteiger partial charge is 0.334 e. The Morgan fingerprint density at radius 1 is 1.04 bits per heavy atom. The van der Waals surface area contributed by atoms with Gasteiger partial charge in [0.1, 0.15) is 12.1 Å². The number of nitrogens with zero attached hydrogens (tertiary/aromatic N) is 3. The molecule has 1 heterocycles. The first-order chi connectivity index (χ1) is 13.4. The summed E-state index contributed by atoms with van der Waals surface area (Å²) in [5.74, 6) is -1.34. The third kappa shape index (κ3) is 4.68. The molecule has 0 atom stereocenters. The Morgan fingerprint density at radius 2 is 1.68 bits per heavy atom. The van der Waals surface area contributed by atoms with Crippen molar-refractivity contribution >= 4 is 51.5 Å². The van der Waals surface area contributed by atoms with E-state index >= 15 is 0 Å². The Balaban J connectivity index is 1.80. The number of rotatable bonds is 6. The van der Waals surface area contributed by atoms with Gasteiger partial charge in [-0.2, -0.15) is 0 Å². The van der Waals surface area contributed by atoms with Crippen LogP contribution >= 0.6 is 22.6 Å². The molecule has 1 aromatic heterocycles. The lowest BCUT2D eigenvalue weighted by atomic mass is 10.2. The number of nitrogens with one attached hydrogen (secondary N) is 3. The Hall–Kier alpha value is -3.35. The maximum absolute atomic E-state index is 12.9. The van der Waals surface area contributed by atoms with Crippen molar-refractivity contribution in [1.29, 1.82) is 0 Å². The number of carbonyl (C=O) groups excluding carboxylic acids is 1. The maximum atomic E-state index is 12.9. The molecule has 0 aliphatic heterocycles. The standard InChI is InChI=1S/C17H12FIN6O3/c18-11-3-1-10(2-4-11)17(26)24-23-16-14(25(27)28)15(20-9-21-16)22-13-7-5-12(19)6-8-13/h1-9H,(H,24,26)(H2,20,21,22,23). The van der Waals surface area contributed by atoms with Crippen LogP contribution in [0.15, 0.2) is 54.9 Å². The van der Waals surface area contributed by atoms with E-state index in [2.05, 4.69) is 48.7 Å². The predicted molar refractivity (Wildman–Crippen MR) is 109 cm³/mol. The Bertz CT molecular complexity index is 1010. The molecule has 3 aromatic rings. The first-order valence-corrected chi connectivity index (χ1v) is 8.86. The van der Waals surface area contributed by atoms with Crippen LogP contribution in [0.2, 0.25) is 0 Å². The highest BCUT2D eigenvalue weighted by Crippen LogP contribution is 2.30. The topological polar surface area (TPSA) is 122 Å². The van der Waals surface area contributed by atoms with Gasteiger partial charge in [0.25, 0.3) is 5.91 Å². The second-order valence-corrected chi connectivity index (χ2v) is 6.64. The zero-order valence-electron chi connectivity index (χ0n) is 14.0. The Labute approximate surface area is 171 Å². The van der Waals surface area contributed by atoms with E-state index in [1.54, 1.807) is 12.1 Å². The van der Waals surface area contributed by atoms with Gasteiger partial charge >= 0.3 is 5.69 Å². The van der Waals surface area contributed by atoms with Gasteiger partial charge in [-0.3, -0.25) is 25.8 Å². The molecule has 1 amide bonds. The van der Waals surface area contributed by atoms with Gasteiger partial charge < -0.3 is 5.32 Å². The zero-order valence-corrected chi connectivity index (χ0v) is 16.2. The highest BCUT2D eigenvalue weighted by Gasteiger charge is 2.23. The average molecular weight is 494 g/mol. The maximum Gasteiger partial charge on any atom is 0.355 e. The zero-order chi connectivity index (χ0) is 20.1. The average Bonchev–Trinajstić information content (AvgIpc) is 2.68. The summed E-state index contributed by atoms with van der Waals surface area (Å²) in [5, 5.41) is 14.4. The summed E-state index contributed by atoms with van der Waals surface area (Å²) in [6.45, 7) is 0. The van der Waals surface area contributed by atoms with Crippen LogP contribution in [0.25, 0.3) is 0 Å². The summed E-state index contributed by atoms with van der Waals surface area (Å²) in [6, 6.07) is 12.0. The van der Waals surface area contributed by atoms with Crippen molar-refractivity contribution in [2.75, 3.05) is 10.7 Å². The lowest BCUT2D eigenvalue weighted by Gasteiger charge is -2.11. The second kappa shape index (κ2) is 8.56. The van der Waals surface area contributed by atoms with Crippen LogP contribution in [-0.4, -0.2) is 20.8 Å². The molecular formula is C17H12FIN6O3. The van der Waals surface area contributed by atoms with Crippen molar-refractivity contribution in [2.24, 2.45) is 0 Å². The van der Waals surface area contributed by atoms with Gasteiger partial charge in [0.2, 0.25) is 11.6 Å². The molecule has 0 unspecified atom stereocenters. The van der Waals surface area contributed by atoms with Gasteiger partial charge in [0.15, 0.2) is 0 Å². The van der Waals surface area contributed by atoms with E-state index in [0.29, 0.717) is 5.69 Å². The van der Waals surface area contributed by atoms with Crippen LogP contribution in [0.4, 0.5) is 27.4 Å². The van der Waals surface area contributed by atoms with Crippen molar-refractivity contribution in [3.05, 3.63) is 79.9 Å². The van der Waals surface area contributed by atoms with Crippen LogP contribution in [0.3, 0.4) is 0 Å². The number of anilines is 3. The number of halogens is 2. The lowest BCUT2D eigenvalue weighted by molar-refractivity contribution is -0.383. The fourth-order valence-corrected chi connectivity index (χ4v) is 2.55. The molecule has 28 heavy (non-hydrogen) atoms. The molecule has 0 radical (unpaired) electrons. The molecule has 3 N–H and O–H groups in total. The predicted octanol–water partition coefficient (Wildman–Crippen LogP) is 3.63. The number of hydrogen-bond acceptors (Lipinski definition) is 7. The van der Waals surface area contributed by atoms with Gasteiger partial charge in [-0.15, -0.1) is 0 Å². The Kier molecular flexibility index (Phi) is 5.93. The molecule has 3 rings (SSSR count). The van der Waals surface area contributed by atoms with Crippen LogP contribution in [0.1, 0.15) is 10.4 Å². The molecule has 0 bridgehead atoms. The fraction of sp³-hybridized carbons (Fsp3) is 0. The van der Waals surface area contributed by atoms with Gasteiger partial charge in [0, 0.05) is 14.8 Å². The Morgan fingerprint density at radius 3 is 2.32 bits per heavy atom. The molecule has 0 spiro atoms. The number of benzene rings is 2. The molecule has 9 nitrogen and oxygen atoms in total. The quantitative estimate of drug-likeness (QED) is 0.272. The minimum atomic E-state index is -0.665. The molecule has 2 aromatic carbocycles. The molecule has 0 saturated carbocycles. The third-order valence-electron chi connectivity index (χ3n) is 3.51. The summed E-state index contributed by atoms with van der Waals surface area (Å²) in [7, 11) is 0. The van der Waals surface area contributed by atoms with Crippen LogP contribution in [-0.2, 0) is 0 Å². The van der Waals surface area contributed by atoms with E-state index in [9.17, 15) is 19.3 Å². The number of hydrazine groups is 1. The fourth-order valence-electron chi connectivity index (χ4n) is 2.19. The summed E-state index contributed by atoms with van der Waals surface area (Å²) >= 11 is 2.14. The number of nitro groups is 1. The second-order valence-electron chi connectivity index (χ2n) is 5.39. The number of amides is 1. The summed E-state index contributed by atoms with van der Waals surface area (Å²) < 4.78 is 13.9. The lowest BCUT2D eigenvalue weighted by Crippen LogP contribution is -2.30. The van der Waals surface area contributed by atoms with E-state index in [0.717, 1.165) is 22.0 Å². The first kappa shape index (κ1) is 19.4. The van der Waals surface area contributed by atoms with Crippen molar-refractivity contribution in [2.45, 2.75) is 0 Å². The highest BCUT2D eigenvalue weighted by molar-refractivity contribution is 14.1. The van der Waals surface area contributed by atoms with Gasteiger partial charge in [0.05, 0.1) is 4.92 Å². The van der Waals surface area contributed by atoms with Crippen LogP contribution < -0.4 is 16.2 Å². The van der Waals surface area contributed by atoms with Gasteiger partial charge in [-0.1, -0.05) is 0 Å². The van der Waals surface area contributed by atoms with Gasteiger partial charge in [-0.05, 0) is 71.1 Å². The van der Waals surface area contributed by atoms with E-state index in [1.165, 1.54) is 12.1 Å². The normalized spacial score (nSPS) is 10.2. The largest absolute Gasteiger partial charge is 0.355 e. The molecule has 11 heteroatoms. The first-order valence-electron chi connectivity index (χ1n) is 7.78. The number of aromatic nitrogens is 2. The summed E-state index contributed by atoms with van der Waals surface area (Å²) in [6.07, 6.45) is 1.12. The molecule has 142 valence electrons. The molecule has 0 aliphatic rings. The van der Waals surface area contributed by atoms with Crippen molar-refractivity contribution in [3.8, 4) is 0 Å². The van der Waals surface area contributed by atoms with E-state index in [-0.39, 0.29) is 17.2 Å². The van der Waals surface area contributed by atoms with E-state index in [4.69, 9.17) is 0 Å². The number of hydrogen-bond donors (Lipinski definition) is 3. The summed E-state index contributed by atoms with van der Waals surface area (Å²) in [4.78, 5) is 30.7. The SMILES string of the molecule is O=C(NNc1ncnc(Nc2ccc(I)cc2)c1[N+](=O)[O-])c1ccc(F)cc1.